The van der Waals surface area contributed by atoms with Crippen LogP contribution in [0, 0.1) is 0 Å². The Bertz CT molecular complexity index is 99.2. The number of methoxy groups -OCH3 is 1. The van der Waals surface area contributed by atoms with Gasteiger partial charge in [0.1, 0.15) is 12.4 Å². The molecule has 9 heavy (non-hydrogen) atoms. The molecule has 0 bridgehead atoms. The predicted octanol–water partition coefficient (Wildman–Crippen LogP) is 0.223. The first-order valence-corrected chi connectivity index (χ1v) is 2.84. The van der Waals surface area contributed by atoms with E-state index in [0.717, 1.165) is 5.84 Å². The molecule has 0 aliphatic heterocycles. The summed E-state index contributed by atoms with van der Waals surface area (Å²) in [5.74, 6) is 0.956. The van der Waals surface area contributed by atoms with Crippen LogP contribution < -0.4 is 0 Å². The number of amidine groups is 1. The summed E-state index contributed by atoms with van der Waals surface area (Å²) in [4.78, 5) is 5.93. The maximum Gasteiger partial charge on any atom is 0.124 e. The van der Waals surface area contributed by atoms with Crippen molar-refractivity contribution in [2.45, 2.75) is 0 Å². The fourth-order valence-corrected chi connectivity index (χ4v) is 0.523. The third-order valence-corrected chi connectivity index (χ3v) is 1.05. The molecule has 0 fully saturated rings. The molecule has 0 spiro atoms. The van der Waals surface area contributed by atoms with Crippen LogP contribution in [-0.2, 0) is 4.74 Å². The Kier molecular flexibility index (Phi) is 4.05. The highest BCUT2D eigenvalue weighted by atomic mass is 16.5. The molecule has 0 aromatic carbocycles. The molecule has 0 N–H and O–H groups in total. The van der Waals surface area contributed by atoms with Crippen LogP contribution in [0.15, 0.2) is 4.99 Å². The van der Waals surface area contributed by atoms with Gasteiger partial charge in [0.25, 0.3) is 0 Å². The minimum Gasteiger partial charge on any atom is -0.377 e. The van der Waals surface area contributed by atoms with Crippen LogP contribution in [0.25, 0.3) is 0 Å². The molecule has 0 atom stereocenters. The van der Waals surface area contributed by atoms with Crippen LogP contribution in [0.2, 0.25) is 0 Å². The van der Waals surface area contributed by atoms with Crippen molar-refractivity contribution in [3.05, 3.63) is 0 Å². The zero-order valence-electron chi connectivity index (χ0n) is 6.51. The molecular formula is C6H14N2O. The van der Waals surface area contributed by atoms with Crippen molar-refractivity contribution >= 4 is 5.84 Å². The highest BCUT2D eigenvalue weighted by molar-refractivity contribution is 5.82. The molecule has 3 nitrogen and oxygen atoms in total. The number of aliphatic imine (C=N–C) groups is 1. The van der Waals surface area contributed by atoms with Crippen LogP contribution in [-0.4, -0.2) is 45.6 Å². The third-order valence-electron chi connectivity index (χ3n) is 1.05. The predicted molar refractivity (Wildman–Crippen MR) is 38.9 cm³/mol. The van der Waals surface area contributed by atoms with Gasteiger partial charge in [0.15, 0.2) is 0 Å². The molecule has 54 valence electrons. The summed E-state index contributed by atoms with van der Waals surface area (Å²) >= 11 is 0. The highest BCUT2D eigenvalue weighted by Gasteiger charge is 1.96. The zero-order chi connectivity index (χ0) is 7.28. The molecule has 0 aliphatic rings. The van der Waals surface area contributed by atoms with E-state index in [1.165, 1.54) is 0 Å². The van der Waals surface area contributed by atoms with Gasteiger partial charge in [-0.3, -0.25) is 4.99 Å². The van der Waals surface area contributed by atoms with E-state index in [-0.39, 0.29) is 0 Å². The zero-order valence-corrected chi connectivity index (χ0v) is 6.51. The monoisotopic (exact) mass is 130 g/mol. The van der Waals surface area contributed by atoms with Gasteiger partial charge in [-0.2, -0.15) is 0 Å². The minimum absolute atomic E-state index is 0.587. The van der Waals surface area contributed by atoms with Gasteiger partial charge >= 0.3 is 0 Å². The second-order valence-corrected chi connectivity index (χ2v) is 1.97. The smallest absolute Gasteiger partial charge is 0.124 e. The summed E-state index contributed by atoms with van der Waals surface area (Å²) < 4.78 is 4.88. The quantitative estimate of drug-likeness (QED) is 0.394. The number of ether oxygens (including phenoxy) is 1. The lowest BCUT2D eigenvalue weighted by atomic mass is 10.6. The van der Waals surface area contributed by atoms with Crippen molar-refractivity contribution in [3.8, 4) is 0 Å². The van der Waals surface area contributed by atoms with Gasteiger partial charge in [-0.25, -0.2) is 0 Å². The van der Waals surface area contributed by atoms with Gasteiger partial charge < -0.3 is 9.64 Å². The second-order valence-electron chi connectivity index (χ2n) is 1.97. The number of hydrogen-bond acceptors (Lipinski definition) is 2. The summed E-state index contributed by atoms with van der Waals surface area (Å²) in [6.45, 7) is 0.587. The maximum atomic E-state index is 4.88. The summed E-state index contributed by atoms with van der Waals surface area (Å²) in [7, 11) is 7.31. The van der Waals surface area contributed by atoms with Crippen LogP contribution in [0.1, 0.15) is 0 Å². The van der Waals surface area contributed by atoms with E-state index in [0.29, 0.717) is 6.61 Å². The van der Waals surface area contributed by atoms with E-state index in [2.05, 4.69) is 4.99 Å². The normalized spacial score (nSPS) is 11.8. The van der Waals surface area contributed by atoms with Crippen molar-refractivity contribution in [1.82, 2.24) is 4.90 Å². The molecule has 0 aliphatic carbocycles. The average Bonchev–Trinajstić information content (AvgIpc) is 1.82. The molecule has 0 heterocycles. The van der Waals surface area contributed by atoms with E-state index in [9.17, 15) is 0 Å². The Hall–Kier alpha value is -0.570. The summed E-state index contributed by atoms with van der Waals surface area (Å²) in [5, 5.41) is 0. The van der Waals surface area contributed by atoms with Crippen LogP contribution in [0.3, 0.4) is 0 Å². The Morgan fingerprint density at radius 2 is 2.11 bits per heavy atom. The van der Waals surface area contributed by atoms with Gasteiger partial charge in [0.2, 0.25) is 0 Å². The number of nitrogens with zero attached hydrogens (tertiary/aromatic N) is 2. The van der Waals surface area contributed by atoms with Crippen molar-refractivity contribution in [1.29, 1.82) is 0 Å². The lowest BCUT2D eigenvalue weighted by molar-refractivity contribution is 0.236. The number of likely N-dealkylation sites (N-methyl/N-ethyl adjacent to an activating group) is 1. The third kappa shape index (κ3) is 3.08. The Balaban J connectivity index is 3.70. The molecule has 3 heteroatoms. The van der Waals surface area contributed by atoms with Crippen LogP contribution in [0.4, 0.5) is 0 Å². The van der Waals surface area contributed by atoms with Gasteiger partial charge in [-0.15, -0.1) is 0 Å². The van der Waals surface area contributed by atoms with Crippen molar-refractivity contribution in [3.63, 3.8) is 0 Å². The Morgan fingerprint density at radius 1 is 1.56 bits per heavy atom. The van der Waals surface area contributed by atoms with E-state index in [1.807, 2.05) is 19.0 Å². The van der Waals surface area contributed by atoms with Gasteiger partial charge in [0.05, 0.1) is 0 Å². The van der Waals surface area contributed by atoms with Crippen molar-refractivity contribution < 1.29 is 4.74 Å². The van der Waals surface area contributed by atoms with E-state index in [1.54, 1.807) is 14.2 Å². The molecule has 0 saturated carbocycles. The van der Waals surface area contributed by atoms with E-state index >= 15 is 0 Å². The number of hydrogen-bond donors (Lipinski definition) is 0. The van der Waals surface area contributed by atoms with Crippen LogP contribution >= 0.6 is 0 Å². The molecule has 0 radical (unpaired) electrons. The fourth-order valence-electron chi connectivity index (χ4n) is 0.523. The Morgan fingerprint density at radius 3 is 2.22 bits per heavy atom. The molecule has 0 saturated heterocycles. The van der Waals surface area contributed by atoms with Crippen molar-refractivity contribution in [2.24, 2.45) is 4.99 Å². The second kappa shape index (κ2) is 4.32. The minimum atomic E-state index is 0.587. The summed E-state index contributed by atoms with van der Waals surface area (Å²) in [6.07, 6.45) is 0. The van der Waals surface area contributed by atoms with Gasteiger partial charge in [-0.1, -0.05) is 0 Å². The molecule has 0 amide bonds. The van der Waals surface area contributed by atoms with E-state index < -0.39 is 0 Å². The maximum absolute atomic E-state index is 4.88. The largest absolute Gasteiger partial charge is 0.377 e. The highest BCUT2D eigenvalue weighted by Crippen LogP contribution is 1.82. The molecular weight excluding hydrogens is 116 g/mol. The molecule has 0 unspecified atom stereocenters. The topological polar surface area (TPSA) is 24.8 Å². The molecule has 0 aromatic rings. The molecule has 0 aromatic heterocycles. The first kappa shape index (κ1) is 8.43. The van der Waals surface area contributed by atoms with E-state index in [4.69, 9.17) is 4.74 Å². The number of rotatable bonds is 2. The summed E-state index contributed by atoms with van der Waals surface area (Å²) in [5.41, 5.74) is 0. The average molecular weight is 130 g/mol. The lowest BCUT2D eigenvalue weighted by Crippen LogP contribution is -2.25. The molecule has 0 rings (SSSR count). The van der Waals surface area contributed by atoms with Gasteiger partial charge in [-0.05, 0) is 0 Å². The van der Waals surface area contributed by atoms with Gasteiger partial charge in [0, 0.05) is 28.3 Å². The summed E-state index contributed by atoms with van der Waals surface area (Å²) in [6, 6.07) is 0. The lowest BCUT2D eigenvalue weighted by Gasteiger charge is -2.13. The van der Waals surface area contributed by atoms with Crippen LogP contribution in [0.5, 0.6) is 0 Å². The first-order valence-electron chi connectivity index (χ1n) is 2.84. The van der Waals surface area contributed by atoms with Crippen molar-refractivity contribution in [2.75, 3.05) is 34.9 Å². The Labute approximate surface area is 56.3 Å². The SMILES string of the molecule is CN=C(COC)N(C)C. The standard InChI is InChI=1S/C6H14N2O/c1-7-6(5-9-4)8(2)3/h5H2,1-4H3. The first-order chi connectivity index (χ1) is 4.22. The fraction of sp³-hybridized carbons (Fsp3) is 0.833.